The van der Waals surface area contributed by atoms with Crippen LogP contribution in [0.2, 0.25) is 0 Å². The molecule has 300 valence electrons. The van der Waals surface area contributed by atoms with Gasteiger partial charge in [-0.25, -0.2) is 4.57 Å². The van der Waals surface area contributed by atoms with Crippen LogP contribution < -0.4 is 0 Å². The lowest BCUT2D eigenvalue weighted by atomic mass is 10.0. The number of esters is 2. The smallest absolute Gasteiger partial charge is 0.462 e. The Kier molecular flexibility index (Phi) is 35.4. The van der Waals surface area contributed by atoms with Crippen LogP contribution in [0.4, 0.5) is 0 Å². The van der Waals surface area contributed by atoms with Gasteiger partial charge in [-0.05, 0) is 44.6 Å². The number of rotatable bonds is 37. The molecule has 0 aromatic heterocycles. The van der Waals surface area contributed by atoms with E-state index in [0.29, 0.717) is 6.42 Å². The monoisotopic (exact) mass is 752 g/mol. The van der Waals surface area contributed by atoms with Gasteiger partial charge in [0, 0.05) is 19.3 Å². The summed E-state index contributed by atoms with van der Waals surface area (Å²) in [4.78, 5) is 54.9. The first-order valence-electron chi connectivity index (χ1n) is 20.4. The second-order valence-corrected chi connectivity index (χ2v) is 14.9. The number of carbonyl (C=O) groups excluding carboxylic acids is 3. The molecule has 52 heavy (non-hydrogen) atoms. The lowest BCUT2D eigenvalue weighted by molar-refractivity contribution is -0.161. The van der Waals surface area contributed by atoms with E-state index in [1.807, 2.05) is 12.2 Å². The second-order valence-electron chi connectivity index (χ2n) is 13.7. The normalized spacial score (nSPS) is 12.8. The van der Waals surface area contributed by atoms with Gasteiger partial charge in [-0.1, -0.05) is 166 Å². The fraction of sp³-hybridized carbons (Fsp3) is 0.738. The van der Waals surface area contributed by atoms with Crippen molar-refractivity contribution in [3.05, 3.63) is 48.6 Å². The molecular formula is C42H73O9P. The topological polar surface area (TPSA) is 136 Å². The maximum Gasteiger partial charge on any atom is 0.469 e. The first-order valence-corrected chi connectivity index (χ1v) is 21.9. The molecular weight excluding hydrogens is 679 g/mol. The molecule has 9 nitrogen and oxygen atoms in total. The van der Waals surface area contributed by atoms with Crippen molar-refractivity contribution in [2.75, 3.05) is 13.2 Å². The largest absolute Gasteiger partial charge is 0.469 e. The number of allylic oxidation sites excluding steroid dienone is 8. The van der Waals surface area contributed by atoms with Gasteiger partial charge in [-0.3, -0.25) is 18.9 Å². The Balaban J connectivity index is 4.12. The third-order valence-electron chi connectivity index (χ3n) is 8.58. The van der Waals surface area contributed by atoms with Crippen LogP contribution in [-0.2, 0) is 32.9 Å². The molecule has 0 aliphatic heterocycles. The van der Waals surface area contributed by atoms with Gasteiger partial charge in [0.2, 0.25) is 0 Å². The maximum absolute atomic E-state index is 12.4. The van der Waals surface area contributed by atoms with Gasteiger partial charge >= 0.3 is 19.8 Å². The minimum absolute atomic E-state index is 0.0214. The van der Waals surface area contributed by atoms with E-state index in [4.69, 9.17) is 19.3 Å². The second kappa shape index (κ2) is 37.0. The van der Waals surface area contributed by atoms with Gasteiger partial charge < -0.3 is 19.3 Å². The van der Waals surface area contributed by atoms with E-state index in [1.165, 1.54) is 102 Å². The standard InChI is InChI=1S/C42H73O9P/c1-3-5-7-9-11-13-15-17-18-19-21-23-25-27-29-31-35-42(45)51-40(38-50-52(46,47)48)37-49-41(44)36-32-34-39(43)33-30-28-26-24-22-20-16-14-12-10-8-6-4-2/h12,14,20,22,26,28,30,33,40H,3-11,13,15-19,21,23-25,27,29,31-32,34-38H2,1-2H3,(H2,46,47,48)/b14-12-,22-20-,28-26-,33-30+/t40-/m1/s1. The third kappa shape index (κ3) is 38.9. The molecule has 2 N–H and O–H groups in total. The highest BCUT2D eigenvalue weighted by molar-refractivity contribution is 7.46. The van der Waals surface area contributed by atoms with Crippen LogP contribution >= 0.6 is 7.82 Å². The minimum Gasteiger partial charge on any atom is -0.462 e. The number of ether oxygens (including phenoxy) is 2. The average molecular weight is 753 g/mol. The molecule has 10 heteroatoms. The van der Waals surface area contributed by atoms with Crippen LogP contribution in [0.15, 0.2) is 48.6 Å². The molecule has 0 spiro atoms. The summed E-state index contributed by atoms with van der Waals surface area (Å²) < 4.78 is 26.2. The fourth-order valence-corrected chi connectivity index (χ4v) is 5.86. The van der Waals surface area contributed by atoms with Crippen molar-refractivity contribution in [2.24, 2.45) is 0 Å². The van der Waals surface area contributed by atoms with Crippen molar-refractivity contribution in [1.82, 2.24) is 0 Å². The number of hydrogen-bond donors (Lipinski definition) is 2. The number of carbonyl (C=O) groups is 3. The first kappa shape index (κ1) is 49.7. The lowest BCUT2D eigenvalue weighted by Crippen LogP contribution is -2.29. The zero-order chi connectivity index (χ0) is 38.4. The summed E-state index contributed by atoms with van der Waals surface area (Å²) in [5.74, 6) is -1.25. The Morgan fingerprint density at radius 1 is 0.558 bits per heavy atom. The molecule has 0 saturated heterocycles. The Morgan fingerprint density at radius 2 is 1.06 bits per heavy atom. The highest BCUT2D eigenvalue weighted by Gasteiger charge is 2.23. The predicted octanol–water partition coefficient (Wildman–Crippen LogP) is 11.5. The zero-order valence-electron chi connectivity index (χ0n) is 32.7. The molecule has 0 rings (SSSR count). The van der Waals surface area contributed by atoms with E-state index < -0.39 is 39.1 Å². The molecule has 0 heterocycles. The van der Waals surface area contributed by atoms with Crippen LogP contribution in [-0.4, -0.2) is 46.8 Å². The van der Waals surface area contributed by atoms with Crippen molar-refractivity contribution >= 4 is 25.5 Å². The van der Waals surface area contributed by atoms with Crippen LogP contribution in [0.3, 0.4) is 0 Å². The summed E-state index contributed by atoms with van der Waals surface area (Å²) in [6.07, 6.45) is 41.2. The number of hydrogen-bond acceptors (Lipinski definition) is 7. The summed E-state index contributed by atoms with van der Waals surface area (Å²) >= 11 is 0. The quantitative estimate of drug-likeness (QED) is 0.0159. The molecule has 0 aromatic rings. The summed E-state index contributed by atoms with van der Waals surface area (Å²) in [7, 11) is -4.81. The molecule has 0 amide bonds. The first-order chi connectivity index (χ1) is 25.2. The molecule has 0 aliphatic carbocycles. The summed E-state index contributed by atoms with van der Waals surface area (Å²) in [5.41, 5.74) is 0. The molecule has 0 unspecified atom stereocenters. The van der Waals surface area contributed by atoms with Crippen LogP contribution in [0, 0.1) is 0 Å². The van der Waals surface area contributed by atoms with Crippen LogP contribution in [0.25, 0.3) is 0 Å². The number of unbranched alkanes of at least 4 members (excludes halogenated alkanes) is 18. The zero-order valence-corrected chi connectivity index (χ0v) is 33.6. The third-order valence-corrected chi connectivity index (χ3v) is 9.06. The Labute approximate surface area is 316 Å². The van der Waals surface area contributed by atoms with Crippen molar-refractivity contribution in [3.63, 3.8) is 0 Å². The van der Waals surface area contributed by atoms with Gasteiger partial charge in [-0.15, -0.1) is 0 Å². The highest BCUT2D eigenvalue weighted by Crippen LogP contribution is 2.36. The van der Waals surface area contributed by atoms with E-state index in [-0.39, 0.29) is 31.5 Å². The molecule has 0 saturated carbocycles. The fourth-order valence-electron chi connectivity index (χ4n) is 5.50. The molecule has 0 aromatic carbocycles. The van der Waals surface area contributed by atoms with Crippen molar-refractivity contribution in [2.45, 2.75) is 187 Å². The average Bonchev–Trinajstić information content (AvgIpc) is 3.10. The predicted molar refractivity (Wildman–Crippen MR) is 212 cm³/mol. The van der Waals surface area contributed by atoms with E-state index >= 15 is 0 Å². The number of phosphoric acid groups is 1. The lowest BCUT2D eigenvalue weighted by Gasteiger charge is -2.18. The van der Waals surface area contributed by atoms with E-state index in [9.17, 15) is 18.9 Å². The maximum atomic E-state index is 12.4. The SMILES string of the molecule is CCCCC/C=C\C/C=C\C/C=C\C=C\C(=O)CCCC(=O)OC[C@H](COP(=O)(O)O)OC(=O)CCCCCCCCCCCCCCCCCC. The van der Waals surface area contributed by atoms with Gasteiger partial charge in [0.15, 0.2) is 11.9 Å². The molecule has 0 aliphatic rings. The highest BCUT2D eigenvalue weighted by atomic mass is 31.2. The molecule has 0 fully saturated rings. The van der Waals surface area contributed by atoms with E-state index in [0.717, 1.165) is 38.5 Å². The van der Waals surface area contributed by atoms with Crippen LogP contribution in [0.5, 0.6) is 0 Å². The Hall–Kier alpha value is -2.32. The van der Waals surface area contributed by atoms with Gasteiger partial charge in [0.1, 0.15) is 6.61 Å². The molecule has 1 atom stereocenters. The Morgan fingerprint density at radius 3 is 1.63 bits per heavy atom. The minimum atomic E-state index is -4.81. The van der Waals surface area contributed by atoms with E-state index in [1.54, 1.807) is 6.08 Å². The van der Waals surface area contributed by atoms with Crippen molar-refractivity contribution < 1.29 is 42.7 Å². The Bertz CT molecular complexity index is 1040. The van der Waals surface area contributed by atoms with E-state index in [2.05, 4.69) is 42.7 Å². The van der Waals surface area contributed by atoms with Gasteiger partial charge in [0.05, 0.1) is 6.61 Å². The van der Waals surface area contributed by atoms with Crippen LogP contribution in [0.1, 0.15) is 181 Å². The van der Waals surface area contributed by atoms with Gasteiger partial charge in [-0.2, -0.15) is 0 Å². The molecule has 0 bridgehead atoms. The summed E-state index contributed by atoms with van der Waals surface area (Å²) in [6, 6.07) is 0. The summed E-state index contributed by atoms with van der Waals surface area (Å²) in [5, 5.41) is 0. The summed E-state index contributed by atoms with van der Waals surface area (Å²) in [6.45, 7) is 3.45. The van der Waals surface area contributed by atoms with Crippen molar-refractivity contribution in [1.29, 1.82) is 0 Å². The van der Waals surface area contributed by atoms with Crippen molar-refractivity contribution in [3.8, 4) is 0 Å². The molecule has 0 radical (unpaired) electrons. The van der Waals surface area contributed by atoms with Gasteiger partial charge in [0.25, 0.3) is 0 Å². The number of phosphoric ester groups is 1. The number of ketones is 1.